The van der Waals surface area contributed by atoms with Gasteiger partial charge in [0.05, 0.1) is 17.7 Å². The second kappa shape index (κ2) is 6.05. The molecule has 0 spiro atoms. The normalized spacial score (nSPS) is 10.3. The van der Waals surface area contributed by atoms with Gasteiger partial charge in [-0.15, -0.1) is 0 Å². The summed E-state index contributed by atoms with van der Waals surface area (Å²) in [5.41, 5.74) is 2.57. The van der Waals surface area contributed by atoms with Crippen molar-refractivity contribution in [2.75, 3.05) is 17.2 Å². The molecule has 104 valence electrons. The van der Waals surface area contributed by atoms with Crippen molar-refractivity contribution >= 4 is 28.2 Å². The van der Waals surface area contributed by atoms with Gasteiger partial charge >= 0.3 is 0 Å². The molecule has 21 heavy (non-hydrogen) atoms. The topological polar surface area (TPSA) is 54.0 Å². The van der Waals surface area contributed by atoms with Crippen molar-refractivity contribution in [2.24, 2.45) is 0 Å². The molecular formula is C17H15N3O. The summed E-state index contributed by atoms with van der Waals surface area (Å²) in [6, 6.07) is 19.1. The fraction of sp³-hybridized carbons (Fsp3) is 0.0588. The van der Waals surface area contributed by atoms with E-state index in [0.29, 0.717) is 0 Å². The fourth-order valence-electron chi connectivity index (χ4n) is 2.15. The minimum atomic E-state index is -0.0878. The number of benzene rings is 2. The molecule has 0 fully saturated rings. The quantitative estimate of drug-likeness (QED) is 0.769. The van der Waals surface area contributed by atoms with Gasteiger partial charge in [0.15, 0.2) is 0 Å². The van der Waals surface area contributed by atoms with E-state index in [0.717, 1.165) is 22.3 Å². The number of amides is 1. The maximum atomic E-state index is 12.0. The number of para-hydroxylation sites is 1. The average Bonchev–Trinajstić information content (AvgIpc) is 2.54. The number of nitrogens with zero attached hydrogens (tertiary/aromatic N) is 1. The Balaban J connectivity index is 1.69. The first-order valence-electron chi connectivity index (χ1n) is 6.75. The number of carbonyl (C=O) groups is 1. The summed E-state index contributed by atoms with van der Waals surface area (Å²) in [4.78, 5) is 16.3. The summed E-state index contributed by atoms with van der Waals surface area (Å²) in [7, 11) is 0. The summed E-state index contributed by atoms with van der Waals surface area (Å²) < 4.78 is 0. The predicted octanol–water partition coefficient (Wildman–Crippen LogP) is 3.29. The van der Waals surface area contributed by atoms with Crippen LogP contribution in [0.1, 0.15) is 0 Å². The second-order valence-corrected chi connectivity index (χ2v) is 4.64. The molecule has 0 aliphatic rings. The first kappa shape index (κ1) is 13.1. The molecule has 2 N–H and O–H groups in total. The zero-order valence-electron chi connectivity index (χ0n) is 11.4. The Labute approximate surface area is 122 Å². The van der Waals surface area contributed by atoms with Crippen molar-refractivity contribution in [3.63, 3.8) is 0 Å². The maximum Gasteiger partial charge on any atom is 0.243 e. The lowest BCUT2D eigenvalue weighted by Gasteiger charge is -2.09. The summed E-state index contributed by atoms with van der Waals surface area (Å²) in [6.07, 6.45) is 1.74. The maximum absolute atomic E-state index is 12.0. The van der Waals surface area contributed by atoms with E-state index in [9.17, 15) is 4.79 Å². The molecule has 0 unspecified atom stereocenters. The minimum Gasteiger partial charge on any atom is -0.376 e. The van der Waals surface area contributed by atoms with Crippen molar-refractivity contribution in [1.82, 2.24) is 4.98 Å². The first-order chi connectivity index (χ1) is 10.3. The number of anilines is 2. The van der Waals surface area contributed by atoms with Gasteiger partial charge in [-0.3, -0.25) is 9.78 Å². The number of hydrogen-bond donors (Lipinski definition) is 2. The standard InChI is InChI=1S/C17H15N3O/c21-17(12-19-13-6-2-1-3-7-13)20-16-10-4-9-15-14(16)8-5-11-18-15/h1-11,19H,12H2,(H,20,21). The number of aromatic nitrogens is 1. The van der Waals surface area contributed by atoms with Crippen molar-refractivity contribution < 1.29 is 4.79 Å². The Bertz CT molecular complexity index is 751. The number of pyridine rings is 1. The highest BCUT2D eigenvalue weighted by Gasteiger charge is 2.05. The molecule has 3 rings (SSSR count). The Morgan fingerprint density at radius 2 is 1.81 bits per heavy atom. The van der Waals surface area contributed by atoms with Crippen LogP contribution in [0, 0.1) is 0 Å². The van der Waals surface area contributed by atoms with Crippen LogP contribution in [0.25, 0.3) is 10.9 Å². The van der Waals surface area contributed by atoms with E-state index < -0.39 is 0 Å². The van der Waals surface area contributed by atoms with E-state index in [2.05, 4.69) is 15.6 Å². The lowest BCUT2D eigenvalue weighted by atomic mass is 10.2. The highest BCUT2D eigenvalue weighted by molar-refractivity contribution is 6.02. The van der Waals surface area contributed by atoms with Crippen LogP contribution >= 0.6 is 0 Å². The smallest absolute Gasteiger partial charge is 0.243 e. The van der Waals surface area contributed by atoms with E-state index in [1.807, 2.05) is 60.7 Å². The van der Waals surface area contributed by atoms with Gasteiger partial charge in [-0.1, -0.05) is 24.3 Å². The SMILES string of the molecule is O=C(CNc1ccccc1)Nc1cccc2ncccc12. The second-order valence-electron chi connectivity index (χ2n) is 4.64. The molecule has 2 aromatic carbocycles. The highest BCUT2D eigenvalue weighted by atomic mass is 16.1. The number of fused-ring (bicyclic) bond motifs is 1. The molecule has 0 saturated heterocycles. The Morgan fingerprint density at radius 3 is 2.67 bits per heavy atom. The van der Waals surface area contributed by atoms with Crippen LogP contribution in [0.2, 0.25) is 0 Å². The molecule has 0 saturated carbocycles. The average molecular weight is 277 g/mol. The Kier molecular flexibility index (Phi) is 3.78. The van der Waals surface area contributed by atoms with Gasteiger partial charge in [-0.2, -0.15) is 0 Å². The van der Waals surface area contributed by atoms with Crippen molar-refractivity contribution in [3.8, 4) is 0 Å². The molecule has 0 aliphatic heterocycles. The van der Waals surface area contributed by atoms with Crippen LogP contribution in [0.3, 0.4) is 0 Å². The van der Waals surface area contributed by atoms with Gasteiger partial charge in [-0.05, 0) is 36.4 Å². The van der Waals surface area contributed by atoms with Crippen LogP contribution < -0.4 is 10.6 Å². The summed E-state index contributed by atoms with van der Waals surface area (Å²) in [5, 5.41) is 6.94. The third-order valence-corrected chi connectivity index (χ3v) is 3.15. The van der Waals surface area contributed by atoms with Crippen LogP contribution in [0.5, 0.6) is 0 Å². The first-order valence-corrected chi connectivity index (χ1v) is 6.75. The van der Waals surface area contributed by atoms with Crippen LogP contribution in [0.15, 0.2) is 66.9 Å². The van der Waals surface area contributed by atoms with E-state index in [1.54, 1.807) is 6.20 Å². The molecule has 1 heterocycles. The molecule has 4 nitrogen and oxygen atoms in total. The Hall–Kier alpha value is -2.88. The summed E-state index contributed by atoms with van der Waals surface area (Å²) >= 11 is 0. The monoisotopic (exact) mass is 277 g/mol. The van der Waals surface area contributed by atoms with Gasteiger partial charge in [-0.25, -0.2) is 0 Å². The van der Waals surface area contributed by atoms with Crippen LogP contribution in [0.4, 0.5) is 11.4 Å². The molecule has 4 heteroatoms. The van der Waals surface area contributed by atoms with Gasteiger partial charge in [0.25, 0.3) is 0 Å². The van der Waals surface area contributed by atoms with E-state index in [-0.39, 0.29) is 12.5 Å². The van der Waals surface area contributed by atoms with Crippen molar-refractivity contribution in [3.05, 3.63) is 66.9 Å². The zero-order chi connectivity index (χ0) is 14.5. The minimum absolute atomic E-state index is 0.0878. The fourth-order valence-corrected chi connectivity index (χ4v) is 2.15. The van der Waals surface area contributed by atoms with Crippen LogP contribution in [-0.4, -0.2) is 17.4 Å². The van der Waals surface area contributed by atoms with Gasteiger partial charge in [0.1, 0.15) is 0 Å². The number of carbonyl (C=O) groups excluding carboxylic acids is 1. The predicted molar refractivity (Wildman–Crippen MR) is 85.3 cm³/mol. The highest BCUT2D eigenvalue weighted by Crippen LogP contribution is 2.21. The molecule has 1 amide bonds. The zero-order valence-corrected chi connectivity index (χ0v) is 11.4. The van der Waals surface area contributed by atoms with Crippen LogP contribution in [-0.2, 0) is 4.79 Å². The van der Waals surface area contributed by atoms with E-state index in [4.69, 9.17) is 0 Å². The molecule has 3 aromatic rings. The summed E-state index contributed by atoms with van der Waals surface area (Å²) in [5.74, 6) is -0.0878. The van der Waals surface area contributed by atoms with Gasteiger partial charge < -0.3 is 10.6 Å². The molecule has 1 aromatic heterocycles. The molecular weight excluding hydrogens is 262 g/mol. The van der Waals surface area contributed by atoms with Crippen molar-refractivity contribution in [2.45, 2.75) is 0 Å². The molecule has 0 atom stereocenters. The Morgan fingerprint density at radius 1 is 0.952 bits per heavy atom. The largest absolute Gasteiger partial charge is 0.376 e. The van der Waals surface area contributed by atoms with E-state index >= 15 is 0 Å². The number of rotatable bonds is 4. The molecule has 0 radical (unpaired) electrons. The van der Waals surface area contributed by atoms with E-state index in [1.165, 1.54) is 0 Å². The number of hydrogen-bond acceptors (Lipinski definition) is 3. The third kappa shape index (κ3) is 3.17. The molecule has 0 aliphatic carbocycles. The third-order valence-electron chi connectivity index (χ3n) is 3.15. The number of nitrogens with one attached hydrogen (secondary N) is 2. The lowest BCUT2D eigenvalue weighted by molar-refractivity contribution is -0.114. The lowest BCUT2D eigenvalue weighted by Crippen LogP contribution is -2.21. The van der Waals surface area contributed by atoms with Gasteiger partial charge in [0.2, 0.25) is 5.91 Å². The summed E-state index contributed by atoms with van der Waals surface area (Å²) in [6.45, 7) is 0.223. The van der Waals surface area contributed by atoms with Gasteiger partial charge in [0, 0.05) is 17.3 Å². The van der Waals surface area contributed by atoms with Crippen molar-refractivity contribution in [1.29, 1.82) is 0 Å². The molecule has 0 bridgehead atoms.